The Labute approximate surface area is 175 Å². The van der Waals surface area contributed by atoms with E-state index in [1.165, 1.54) is 5.69 Å². The van der Waals surface area contributed by atoms with E-state index in [-0.39, 0.29) is 18.5 Å². The van der Waals surface area contributed by atoms with Crippen molar-refractivity contribution in [2.45, 2.75) is 37.8 Å². The zero-order valence-corrected chi connectivity index (χ0v) is 17.4. The normalized spacial score (nSPS) is 26.1. The van der Waals surface area contributed by atoms with Crippen molar-refractivity contribution in [3.63, 3.8) is 0 Å². The van der Waals surface area contributed by atoms with Crippen molar-refractivity contribution in [1.82, 2.24) is 20.3 Å². The van der Waals surface area contributed by atoms with Gasteiger partial charge >= 0.3 is 6.03 Å². The number of aryl methyl sites for hydroxylation is 1. The summed E-state index contributed by atoms with van der Waals surface area (Å²) in [6, 6.07) is 12.9. The largest absolute Gasteiger partial charge is 0.350 e. The summed E-state index contributed by atoms with van der Waals surface area (Å²) in [5.41, 5.74) is 3.29. The second-order valence-electron chi connectivity index (χ2n) is 8.05. The smallest absolute Gasteiger partial charge is 0.344 e. The summed E-state index contributed by atoms with van der Waals surface area (Å²) in [7, 11) is 2.01. The summed E-state index contributed by atoms with van der Waals surface area (Å²) in [5.74, 6) is -0.792. The minimum atomic E-state index is -1.16. The van der Waals surface area contributed by atoms with Crippen LogP contribution in [0.25, 0.3) is 0 Å². The van der Waals surface area contributed by atoms with Gasteiger partial charge in [0.15, 0.2) is 6.54 Å². The molecule has 2 fully saturated rings. The van der Waals surface area contributed by atoms with Gasteiger partial charge in [0.1, 0.15) is 11.6 Å². The van der Waals surface area contributed by atoms with E-state index in [1.807, 2.05) is 56.6 Å². The molecule has 8 nitrogen and oxygen atoms in total. The molecule has 0 radical (unpaired) electrons. The van der Waals surface area contributed by atoms with Gasteiger partial charge in [-0.25, -0.2) is 4.79 Å². The molecule has 0 bridgehead atoms. The van der Waals surface area contributed by atoms with Crippen LogP contribution in [-0.4, -0.2) is 40.5 Å². The van der Waals surface area contributed by atoms with Crippen molar-refractivity contribution in [2.75, 3.05) is 13.1 Å². The molecule has 1 aromatic heterocycles. The highest BCUT2D eigenvalue weighted by Crippen LogP contribution is 2.31. The Morgan fingerprint density at radius 2 is 2.00 bits per heavy atom. The number of nitrogens with zero attached hydrogens (tertiary/aromatic N) is 2. The molecule has 3 atom stereocenters. The van der Waals surface area contributed by atoms with Crippen LogP contribution >= 0.6 is 0 Å². The predicted molar refractivity (Wildman–Crippen MR) is 110 cm³/mol. The number of likely N-dealkylation sites (tertiary alicyclic amines) is 1. The number of nitrogens with one attached hydrogen (secondary N) is 3. The van der Waals surface area contributed by atoms with Gasteiger partial charge in [0, 0.05) is 26.1 Å². The van der Waals surface area contributed by atoms with Gasteiger partial charge in [-0.1, -0.05) is 37.3 Å². The summed E-state index contributed by atoms with van der Waals surface area (Å²) >= 11 is 0. The van der Waals surface area contributed by atoms with Crippen LogP contribution in [0.3, 0.4) is 0 Å². The van der Waals surface area contributed by atoms with E-state index in [4.69, 9.17) is 0 Å². The molecule has 2 aromatic rings. The number of urea groups is 1. The molecule has 4 rings (SSSR count). The average molecular weight is 410 g/mol. The van der Waals surface area contributed by atoms with E-state index >= 15 is 0 Å². The number of imide groups is 1. The number of hydrogen-bond donors (Lipinski definition) is 3. The number of benzene rings is 1. The minimum Gasteiger partial charge on any atom is -0.350 e. The van der Waals surface area contributed by atoms with Crippen molar-refractivity contribution in [3.8, 4) is 0 Å². The fraction of sp³-hybridized carbons (Fsp3) is 0.409. The van der Waals surface area contributed by atoms with E-state index in [0.29, 0.717) is 12.0 Å². The summed E-state index contributed by atoms with van der Waals surface area (Å²) in [5, 5.41) is 3.62. The molecule has 0 spiro atoms. The Hall–Kier alpha value is -3.13. The van der Waals surface area contributed by atoms with Crippen LogP contribution in [0.2, 0.25) is 0 Å². The molecule has 3 N–H and O–H groups in total. The van der Waals surface area contributed by atoms with Gasteiger partial charge in [0.05, 0.1) is 12.2 Å². The van der Waals surface area contributed by atoms with Gasteiger partial charge in [-0.05, 0) is 24.1 Å². The van der Waals surface area contributed by atoms with Gasteiger partial charge in [-0.3, -0.25) is 15.0 Å². The Bertz CT molecular complexity index is 957. The highest BCUT2D eigenvalue weighted by atomic mass is 16.2. The SMILES string of the molecule is CC[C@@]1(c2ccccc2)NC(=O)N(NC(=O)C[NH+]2CCC[C@@H]2c2cccn2C)C1=O. The van der Waals surface area contributed by atoms with Crippen molar-refractivity contribution >= 4 is 17.8 Å². The molecule has 0 saturated carbocycles. The third-order valence-corrected chi connectivity index (χ3v) is 6.34. The summed E-state index contributed by atoms with van der Waals surface area (Å²) in [6.07, 6.45) is 4.44. The maximum atomic E-state index is 13.2. The van der Waals surface area contributed by atoms with Crippen LogP contribution in [-0.2, 0) is 22.2 Å². The first kappa shape index (κ1) is 20.2. The van der Waals surface area contributed by atoms with Crippen molar-refractivity contribution in [2.24, 2.45) is 7.05 Å². The minimum absolute atomic E-state index is 0.206. The number of rotatable bonds is 6. The van der Waals surface area contributed by atoms with E-state index in [0.717, 1.165) is 29.3 Å². The van der Waals surface area contributed by atoms with Crippen molar-refractivity contribution < 1.29 is 19.3 Å². The molecular weight excluding hydrogens is 382 g/mol. The topological polar surface area (TPSA) is 87.9 Å². The first-order chi connectivity index (χ1) is 14.5. The predicted octanol–water partition coefficient (Wildman–Crippen LogP) is 0.633. The second-order valence-corrected chi connectivity index (χ2v) is 8.05. The van der Waals surface area contributed by atoms with Crippen LogP contribution in [0.15, 0.2) is 48.7 Å². The molecule has 158 valence electrons. The molecule has 3 heterocycles. The van der Waals surface area contributed by atoms with Gasteiger partial charge in [0.25, 0.3) is 11.8 Å². The molecular formula is C22H28N5O3+. The lowest BCUT2D eigenvalue weighted by atomic mass is 9.87. The van der Waals surface area contributed by atoms with Gasteiger partial charge in [-0.2, -0.15) is 5.01 Å². The summed E-state index contributed by atoms with van der Waals surface area (Å²) in [6.45, 7) is 2.93. The monoisotopic (exact) mass is 410 g/mol. The number of carbonyl (C=O) groups excluding carboxylic acids is 3. The standard InChI is InChI=1S/C22H27N5O3/c1-3-22(16-9-5-4-6-10-16)20(29)27(21(30)23-22)24-19(28)15-26-14-8-12-18(26)17-11-7-13-25(17)2/h4-7,9-11,13,18H,3,8,12,14-15H2,1-2H3,(H,23,30)(H,24,28)/p+1/t18-,22+/m1/s1. The molecule has 8 heteroatoms. The number of aromatic nitrogens is 1. The van der Waals surface area contributed by atoms with Crippen LogP contribution in [0.4, 0.5) is 4.79 Å². The molecule has 2 aliphatic heterocycles. The molecule has 1 unspecified atom stereocenters. The number of amides is 4. The van der Waals surface area contributed by atoms with Crippen LogP contribution < -0.4 is 15.6 Å². The van der Waals surface area contributed by atoms with E-state index in [9.17, 15) is 14.4 Å². The van der Waals surface area contributed by atoms with Crippen LogP contribution in [0.5, 0.6) is 0 Å². The summed E-state index contributed by atoms with van der Waals surface area (Å²) in [4.78, 5) is 39.6. The third kappa shape index (κ3) is 3.37. The number of hydrazine groups is 1. The Balaban J connectivity index is 1.46. The van der Waals surface area contributed by atoms with Gasteiger partial charge in [-0.15, -0.1) is 0 Å². The lowest BCUT2D eigenvalue weighted by molar-refractivity contribution is -0.911. The maximum absolute atomic E-state index is 13.2. The van der Waals surface area contributed by atoms with Gasteiger partial charge in [0.2, 0.25) is 0 Å². The zero-order chi connectivity index (χ0) is 21.3. The summed E-state index contributed by atoms with van der Waals surface area (Å²) < 4.78 is 2.08. The lowest BCUT2D eigenvalue weighted by Gasteiger charge is -2.26. The third-order valence-electron chi connectivity index (χ3n) is 6.34. The molecule has 2 saturated heterocycles. The second kappa shape index (κ2) is 7.95. The van der Waals surface area contributed by atoms with Crippen LogP contribution in [0, 0.1) is 0 Å². The Morgan fingerprint density at radius 3 is 2.67 bits per heavy atom. The Kier molecular flexibility index (Phi) is 5.34. The highest BCUT2D eigenvalue weighted by molar-refractivity contribution is 6.08. The average Bonchev–Trinajstić information content (AvgIpc) is 3.43. The van der Waals surface area contributed by atoms with E-state index < -0.39 is 17.5 Å². The van der Waals surface area contributed by atoms with E-state index in [2.05, 4.69) is 21.4 Å². The fourth-order valence-electron chi connectivity index (χ4n) is 4.73. The lowest BCUT2D eigenvalue weighted by Crippen LogP contribution is -3.11. The fourth-order valence-corrected chi connectivity index (χ4v) is 4.73. The molecule has 30 heavy (non-hydrogen) atoms. The number of carbonyl (C=O) groups is 3. The zero-order valence-electron chi connectivity index (χ0n) is 17.4. The van der Waals surface area contributed by atoms with Crippen molar-refractivity contribution in [3.05, 3.63) is 59.9 Å². The first-order valence-electron chi connectivity index (χ1n) is 10.4. The quantitative estimate of drug-likeness (QED) is 0.611. The maximum Gasteiger partial charge on any atom is 0.344 e. The Morgan fingerprint density at radius 1 is 1.23 bits per heavy atom. The highest BCUT2D eigenvalue weighted by Gasteiger charge is 2.52. The molecule has 1 aromatic carbocycles. The molecule has 4 amide bonds. The number of quaternary nitrogens is 1. The van der Waals surface area contributed by atoms with E-state index in [1.54, 1.807) is 0 Å². The number of hydrogen-bond acceptors (Lipinski definition) is 3. The van der Waals surface area contributed by atoms with Gasteiger partial charge < -0.3 is 14.8 Å². The molecule has 0 aliphatic carbocycles. The van der Waals surface area contributed by atoms with Crippen molar-refractivity contribution in [1.29, 1.82) is 0 Å². The molecule has 2 aliphatic rings. The first-order valence-corrected chi connectivity index (χ1v) is 10.4. The van der Waals surface area contributed by atoms with Crippen LogP contribution in [0.1, 0.15) is 43.5 Å².